The van der Waals surface area contributed by atoms with Crippen LogP contribution in [0.1, 0.15) is 11.1 Å². The predicted octanol–water partition coefficient (Wildman–Crippen LogP) is 3.35. The fraction of sp³-hybridized carbons (Fsp3) is 0.154. The summed E-state index contributed by atoms with van der Waals surface area (Å²) in [6, 6.07) is 6.71. The van der Waals surface area contributed by atoms with Crippen molar-refractivity contribution in [2.24, 2.45) is 0 Å². The van der Waals surface area contributed by atoms with Gasteiger partial charge in [-0.25, -0.2) is 4.39 Å². The van der Waals surface area contributed by atoms with Crippen molar-refractivity contribution in [3.05, 3.63) is 58.1 Å². The number of pyridine rings is 1. The Kier molecular flexibility index (Phi) is 3.74. The van der Waals surface area contributed by atoms with Crippen LogP contribution in [0.25, 0.3) is 0 Å². The van der Waals surface area contributed by atoms with E-state index in [9.17, 15) is 4.39 Å². The van der Waals surface area contributed by atoms with E-state index in [0.29, 0.717) is 24.1 Å². The topological polar surface area (TPSA) is 38.9 Å². The summed E-state index contributed by atoms with van der Waals surface area (Å²) in [5.41, 5.74) is 8.15. The van der Waals surface area contributed by atoms with Crippen LogP contribution in [0, 0.1) is 5.82 Å². The first-order valence-electron chi connectivity index (χ1n) is 5.29. The van der Waals surface area contributed by atoms with E-state index in [1.54, 1.807) is 30.6 Å². The van der Waals surface area contributed by atoms with E-state index in [-0.39, 0.29) is 5.82 Å². The Morgan fingerprint density at radius 3 is 2.71 bits per heavy atom. The highest BCUT2D eigenvalue weighted by molar-refractivity contribution is 9.10. The fourth-order valence-electron chi connectivity index (χ4n) is 1.65. The van der Waals surface area contributed by atoms with Crippen LogP contribution >= 0.6 is 15.9 Å². The second kappa shape index (κ2) is 5.27. The van der Waals surface area contributed by atoms with Gasteiger partial charge in [-0.3, -0.25) is 4.98 Å². The second-order valence-corrected chi connectivity index (χ2v) is 4.73. The van der Waals surface area contributed by atoms with Gasteiger partial charge in [0.2, 0.25) is 0 Å². The van der Waals surface area contributed by atoms with Crippen molar-refractivity contribution in [2.45, 2.75) is 12.8 Å². The Morgan fingerprint density at radius 2 is 1.94 bits per heavy atom. The lowest BCUT2D eigenvalue weighted by Gasteiger charge is -2.06. The van der Waals surface area contributed by atoms with Crippen molar-refractivity contribution in [3.8, 4) is 0 Å². The van der Waals surface area contributed by atoms with Gasteiger partial charge in [0.15, 0.2) is 0 Å². The second-order valence-electron chi connectivity index (χ2n) is 3.81. The van der Waals surface area contributed by atoms with E-state index in [1.807, 2.05) is 0 Å². The van der Waals surface area contributed by atoms with Gasteiger partial charge in [-0.2, -0.15) is 0 Å². The Balaban J connectivity index is 2.12. The van der Waals surface area contributed by atoms with Gasteiger partial charge in [0.1, 0.15) is 5.82 Å². The summed E-state index contributed by atoms with van der Waals surface area (Å²) in [5.74, 6) is -0.185. The van der Waals surface area contributed by atoms with E-state index >= 15 is 0 Å². The zero-order valence-corrected chi connectivity index (χ0v) is 10.7. The summed E-state index contributed by atoms with van der Waals surface area (Å²) in [4.78, 5) is 4.01. The Hall–Kier alpha value is -1.42. The van der Waals surface area contributed by atoms with Crippen LogP contribution in [0.5, 0.6) is 0 Å². The zero-order chi connectivity index (χ0) is 12.3. The molecule has 0 amide bonds. The van der Waals surface area contributed by atoms with E-state index in [2.05, 4.69) is 20.9 Å². The molecule has 4 heteroatoms. The number of rotatable bonds is 3. The molecule has 2 N–H and O–H groups in total. The highest BCUT2D eigenvalue weighted by Crippen LogP contribution is 2.18. The third-order valence-corrected chi connectivity index (χ3v) is 3.11. The summed E-state index contributed by atoms with van der Waals surface area (Å²) in [6.07, 6.45) is 4.68. The average Bonchev–Trinajstić information content (AvgIpc) is 2.32. The minimum Gasteiger partial charge on any atom is -0.398 e. The molecule has 0 bridgehead atoms. The molecule has 1 aromatic carbocycles. The molecule has 0 fully saturated rings. The molecule has 1 heterocycles. The van der Waals surface area contributed by atoms with Crippen molar-refractivity contribution in [2.75, 3.05) is 5.73 Å². The number of aryl methyl sites for hydroxylation is 2. The Bertz CT molecular complexity index is 529. The van der Waals surface area contributed by atoms with Gasteiger partial charge in [-0.05, 0) is 48.2 Å². The first kappa shape index (κ1) is 12.0. The highest BCUT2D eigenvalue weighted by Gasteiger charge is 2.05. The number of benzene rings is 1. The van der Waals surface area contributed by atoms with Crippen molar-refractivity contribution >= 4 is 21.6 Å². The lowest BCUT2D eigenvalue weighted by molar-refractivity contribution is 0.608. The number of nitrogen functional groups attached to an aromatic ring is 1. The van der Waals surface area contributed by atoms with Crippen LogP contribution in [-0.2, 0) is 12.8 Å². The lowest BCUT2D eigenvalue weighted by atomic mass is 10.0. The third kappa shape index (κ3) is 3.03. The summed E-state index contributed by atoms with van der Waals surface area (Å²) in [6.45, 7) is 0. The molecule has 2 rings (SSSR count). The van der Waals surface area contributed by atoms with Crippen LogP contribution in [0.3, 0.4) is 0 Å². The lowest BCUT2D eigenvalue weighted by Crippen LogP contribution is -1.99. The Morgan fingerprint density at radius 1 is 1.18 bits per heavy atom. The van der Waals surface area contributed by atoms with Gasteiger partial charge in [-0.1, -0.05) is 15.9 Å². The fourth-order valence-corrected chi connectivity index (χ4v) is 2.06. The van der Waals surface area contributed by atoms with Crippen molar-refractivity contribution in [1.29, 1.82) is 0 Å². The molecule has 2 aromatic rings. The van der Waals surface area contributed by atoms with Crippen molar-refractivity contribution in [1.82, 2.24) is 4.98 Å². The van der Waals surface area contributed by atoms with Crippen LogP contribution < -0.4 is 5.73 Å². The minimum absolute atomic E-state index is 0.185. The van der Waals surface area contributed by atoms with E-state index in [4.69, 9.17) is 5.73 Å². The van der Waals surface area contributed by atoms with Gasteiger partial charge in [-0.15, -0.1) is 0 Å². The van der Waals surface area contributed by atoms with E-state index in [1.165, 1.54) is 6.07 Å². The molecule has 88 valence electrons. The summed E-state index contributed by atoms with van der Waals surface area (Å²) in [5, 5.41) is 0. The summed E-state index contributed by atoms with van der Waals surface area (Å²) < 4.78 is 14.4. The maximum atomic E-state index is 13.5. The van der Waals surface area contributed by atoms with E-state index < -0.39 is 0 Å². The van der Waals surface area contributed by atoms with Gasteiger partial charge in [0.05, 0.1) is 0 Å². The normalized spacial score (nSPS) is 10.5. The highest BCUT2D eigenvalue weighted by atomic mass is 79.9. The molecule has 0 saturated heterocycles. The summed E-state index contributed by atoms with van der Waals surface area (Å²) in [7, 11) is 0. The molecule has 0 aliphatic rings. The van der Waals surface area contributed by atoms with Crippen LogP contribution in [0.15, 0.2) is 41.1 Å². The molecule has 1 aromatic heterocycles. The van der Waals surface area contributed by atoms with Crippen molar-refractivity contribution in [3.63, 3.8) is 0 Å². The van der Waals surface area contributed by atoms with Crippen molar-refractivity contribution < 1.29 is 4.39 Å². The average molecular weight is 295 g/mol. The van der Waals surface area contributed by atoms with E-state index in [0.717, 1.165) is 10.0 Å². The zero-order valence-electron chi connectivity index (χ0n) is 9.16. The first-order valence-corrected chi connectivity index (χ1v) is 6.08. The smallest absolute Gasteiger partial charge is 0.126 e. The van der Waals surface area contributed by atoms with Gasteiger partial charge in [0, 0.05) is 22.6 Å². The molecule has 0 spiro atoms. The number of halogens is 2. The van der Waals surface area contributed by atoms with Gasteiger partial charge < -0.3 is 5.73 Å². The SMILES string of the molecule is Nc1ccncc1CCc1cc(Br)ccc1F. The number of hydrogen-bond acceptors (Lipinski definition) is 2. The molecule has 0 saturated carbocycles. The standard InChI is InChI=1S/C13H12BrFN2/c14-11-3-4-12(15)9(7-11)1-2-10-8-17-6-5-13(10)16/h3-8H,1-2H2,(H2,16,17). The maximum absolute atomic E-state index is 13.5. The molecule has 0 radical (unpaired) electrons. The quantitative estimate of drug-likeness (QED) is 0.943. The molecule has 2 nitrogen and oxygen atoms in total. The minimum atomic E-state index is -0.185. The monoisotopic (exact) mass is 294 g/mol. The predicted molar refractivity (Wildman–Crippen MR) is 70.2 cm³/mol. The number of nitrogens with two attached hydrogens (primary N) is 1. The number of hydrogen-bond donors (Lipinski definition) is 1. The van der Waals surface area contributed by atoms with Crippen LogP contribution in [0.4, 0.5) is 10.1 Å². The van der Waals surface area contributed by atoms with Crippen LogP contribution in [-0.4, -0.2) is 4.98 Å². The number of anilines is 1. The molecule has 0 aliphatic carbocycles. The Labute approximate surface area is 108 Å². The summed E-state index contributed by atoms with van der Waals surface area (Å²) >= 11 is 3.33. The first-order chi connectivity index (χ1) is 8.16. The third-order valence-electron chi connectivity index (χ3n) is 2.61. The van der Waals surface area contributed by atoms with Gasteiger partial charge in [0.25, 0.3) is 0 Å². The molecule has 0 aliphatic heterocycles. The van der Waals surface area contributed by atoms with Gasteiger partial charge >= 0.3 is 0 Å². The van der Waals surface area contributed by atoms with Crippen LogP contribution in [0.2, 0.25) is 0 Å². The molecule has 0 atom stereocenters. The number of aromatic nitrogens is 1. The molecular weight excluding hydrogens is 283 g/mol. The molecule has 0 unspecified atom stereocenters. The maximum Gasteiger partial charge on any atom is 0.126 e. The number of nitrogens with zero attached hydrogens (tertiary/aromatic N) is 1. The molecular formula is C13H12BrFN2. The largest absolute Gasteiger partial charge is 0.398 e. The molecule has 17 heavy (non-hydrogen) atoms.